The van der Waals surface area contributed by atoms with Crippen molar-refractivity contribution >= 4 is 5.91 Å². The average Bonchev–Trinajstić information content (AvgIpc) is 2.94. The maximum atomic E-state index is 12.5. The fourth-order valence-electron chi connectivity index (χ4n) is 4.08. The lowest BCUT2D eigenvalue weighted by Crippen LogP contribution is -2.40. The van der Waals surface area contributed by atoms with E-state index in [1.165, 1.54) is 30.4 Å². The van der Waals surface area contributed by atoms with E-state index in [0.29, 0.717) is 18.4 Å². The van der Waals surface area contributed by atoms with Crippen LogP contribution in [0.25, 0.3) is 0 Å². The fourth-order valence-corrected chi connectivity index (χ4v) is 4.08. The Kier molecular flexibility index (Phi) is 5.14. The number of likely N-dealkylation sites (tertiary alicyclic amines) is 2. The second-order valence-corrected chi connectivity index (χ2v) is 7.79. The summed E-state index contributed by atoms with van der Waals surface area (Å²) in [5.74, 6) is 1.11. The number of carbonyl (C=O) groups is 1. The van der Waals surface area contributed by atoms with Gasteiger partial charge in [0.05, 0.1) is 13.0 Å². The number of amides is 1. The number of carbonyl (C=O) groups excluding carboxylic acids is 1. The summed E-state index contributed by atoms with van der Waals surface area (Å²) in [5.41, 5.74) is 2.77. The molecule has 2 fully saturated rings. The maximum Gasteiger partial charge on any atom is 0.226 e. The van der Waals surface area contributed by atoms with Crippen LogP contribution in [0.1, 0.15) is 36.8 Å². The topological polar surface area (TPSA) is 32.8 Å². The highest BCUT2D eigenvalue weighted by molar-refractivity contribution is 5.76. The van der Waals surface area contributed by atoms with E-state index in [-0.39, 0.29) is 5.91 Å². The molecule has 24 heavy (non-hydrogen) atoms. The lowest BCUT2D eigenvalue weighted by Gasteiger charge is -2.37. The van der Waals surface area contributed by atoms with Gasteiger partial charge in [0.15, 0.2) is 0 Å². The molecule has 2 heterocycles. The molecule has 0 N–H and O–H groups in total. The predicted molar refractivity (Wildman–Crippen MR) is 96.4 cm³/mol. The summed E-state index contributed by atoms with van der Waals surface area (Å²) in [5, 5.41) is 0. The van der Waals surface area contributed by atoms with E-state index in [1.807, 2.05) is 12.1 Å². The van der Waals surface area contributed by atoms with Crippen LogP contribution in [0.2, 0.25) is 0 Å². The van der Waals surface area contributed by atoms with Crippen molar-refractivity contribution in [3.8, 4) is 5.75 Å². The van der Waals surface area contributed by atoms with Crippen molar-refractivity contribution < 1.29 is 9.53 Å². The lowest BCUT2D eigenvalue weighted by atomic mass is 9.78. The van der Waals surface area contributed by atoms with Gasteiger partial charge in [0, 0.05) is 13.1 Å². The van der Waals surface area contributed by atoms with Crippen molar-refractivity contribution in [3.05, 3.63) is 29.3 Å². The molecule has 0 radical (unpaired) electrons. The van der Waals surface area contributed by atoms with E-state index >= 15 is 0 Å². The molecule has 1 spiro atoms. The number of nitrogens with zero attached hydrogens (tertiary/aromatic N) is 2. The summed E-state index contributed by atoms with van der Waals surface area (Å²) >= 11 is 0. The Labute approximate surface area is 145 Å². The minimum absolute atomic E-state index is 0.246. The normalized spacial score (nSPS) is 20.5. The van der Waals surface area contributed by atoms with Crippen molar-refractivity contribution in [2.45, 2.75) is 39.5 Å². The highest BCUT2D eigenvalue weighted by Gasteiger charge is 2.41. The molecule has 3 rings (SSSR count). The van der Waals surface area contributed by atoms with Crippen LogP contribution in [0.5, 0.6) is 5.75 Å². The van der Waals surface area contributed by atoms with Crippen LogP contribution in [0, 0.1) is 19.3 Å². The molecular formula is C20H30N2O2. The van der Waals surface area contributed by atoms with E-state index in [1.54, 1.807) is 0 Å². The average molecular weight is 330 g/mol. The molecule has 1 aromatic carbocycles. The van der Waals surface area contributed by atoms with Crippen molar-refractivity contribution in [1.29, 1.82) is 0 Å². The van der Waals surface area contributed by atoms with Gasteiger partial charge in [-0.1, -0.05) is 6.07 Å². The summed E-state index contributed by atoms with van der Waals surface area (Å²) in [4.78, 5) is 17.0. The molecule has 0 unspecified atom stereocenters. The first kappa shape index (κ1) is 17.3. The summed E-state index contributed by atoms with van der Waals surface area (Å²) in [6.07, 6.45) is 4.10. The van der Waals surface area contributed by atoms with Crippen LogP contribution in [0.3, 0.4) is 0 Å². The second-order valence-electron chi connectivity index (χ2n) is 7.79. The lowest BCUT2D eigenvalue weighted by molar-refractivity contribution is -0.131. The smallest absolute Gasteiger partial charge is 0.226 e. The third-order valence-electron chi connectivity index (χ3n) is 5.62. The van der Waals surface area contributed by atoms with Gasteiger partial charge in [0.25, 0.3) is 0 Å². The summed E-state index contributed by atoms with van der Waals surface area (Å²) < 4.78 is 5.79. The van der Waals surface area contributed by atoms with Crippen LogP contribution < -0.4 is 4.74 Å². The zero-order chi connectivity index (χ0) is 17.2. The molecule has 4 nitrogen and oxygen atoms in total. The summed E-state index contributed by atoms with van der Waals surface area (Å²) in [6, 6.07) is 6.19. The monoisotopic (exact) mass is 330 g/mol. The van der Waals surface area contributed by atoms with E-state index in [4.69, 9.17) is 4.74 Å². The Bertz CT molecular complexity index is 571. The molecule has 0 saturated carbocycles. The number of rotatable bonds is 4. The van der Waals surface area contributed by atoms with Crippen molar-refractivity contribution in [3.63, 3.8) is 0 Å². The number of ether oxygens (including phenoxy) is 1. The number of benzene rings is 1. The van der Waals surface area contributed by atoms with E-state index in [9.17, 15) is 4.79 Å². The first-order valence-corrected chi connectivity index (χ1v) is 9.13. The third-order valence-corrected chi connectivity index (χ3v) is 5.62. The number of hydrogen-bond donors (Lipinski definition) is 0. The minimum Gasteiger partial charge on any atom is -0.493 e. The predicted octanol–water partition coefficient (Wildman–Crippen LogP) is 3.02. The molecule has 0 aromatic heterocycles. The Morgan fingerprint density at radius 1 is 1.08 bits per heavy atom. The second kappa shape index (κ2) is 7.14. The SMILES string of the molecule is Cc1cc(C)cc(OCCC(=O)N2CCC3(CCN(C)CC3)C2)c1. The standard InChI is InChI=1S/C20H30N2O2/c1-16-12-17(2)14-18(13-16)24-11-4-19(23)22-10-7-20(15-22)5-8-21(3)9-6-20/h12-14H,4-11,15H2,1-3H3. The first-order valence-electron chi connectivity index (χ1n) is 9.13. The van der Waals surface area contributed by atoms with Gasteiger partial charge < -0.3 is 14.5 Å². The molecule has 0 bridgehead atoms. The van der Waals surface area contributed by atoms with Gasteiger partial charge in [-0.05, 0) is 81.9 Å². The molecular weight excluding hydrogens is 300 g/mol. The molecule has 2 saturated heterocycles. The van der Waals surface area contributed by atoms with Crippen molar-refractivity contribution in [1.82, 2.24) is 9.80 Å². The molecule has 4 heteroatoms. The first-order chi connectivity index (χ1) is 11.5. The van der Waals surface area contributed by atoms with Gasteiger partial charge in [0.2, 0.25) is 5.91 Å². The molecule has 132 valence electrons. The van der Waals surface area contributed by atoms with Crippen LogP contribution in [-0.2, 0) is 4.79 Å². The molecule has 0 aliphatic carbocycles. The Morgan fingerprint density at radius 3 is 2.38 bits per heavy atom. The van der Waals surface area contributed by atoms with Gasteiger partial charge in [-0.3, -0.25) is 4.79 Å². The molecule has 2 aliphatic rings. The molecule has 2 aliphatic heterocycles. The maximum absolute atomic E-state index is 12.5. The van der Waals surface area contributed by atoms with Crippen LogP contribution in [-0.4, -0.2) is 55.5 Å². The largest absolute Gasteiger partial charge is 0.493 e. The molecule has 1 aromatic rings. The Balaban J connectivity index is 1.46. The van der Waals surface area contributed by atoms with Crippen molar-refractivity contribution in [2.24, 2.45) is 5.41 Å². The number of hydrogen-bond acceptors (Lipinski definition) is 3. The zero-order valence-corrected chi connectivity index (χ0v) is 15.3. The van der Waals surface area contributed by atoms with Gasteiger partial charge in [-0.15, -0.1) is 0 Å². The molecule has 0 atom stereocenters. The summed E-state index contributed by atoms with van der Waals surface area (Å²) in [6.45, 7) is 8.80. The fraction of sp³-hybridized carbons (Fsp3) is 0.650. The van der Waals surface area contributed by atoms with Gasteiger partial charge in [-0.25, -0.2) is 0 Å². The summed E-state index contributed by atoms with van der Waals surface area (Å²) in [7, 11) is 2.19. The highest BCUT2D eigenvalue weighted by atomic mass is 16.5. The van der Waals surface area contributed by atoms with E-state index in [0.717, 1.165) is 31.9 Å². The van der Waals surface area contributed by atoms with Gasteiger partial charge >= 0.3 is 0 Å². The van der Waals surface area contributed by atoms with Gasteiger partial charge in [0.1, 0.15) is 5.75 Å². The zero-order valence-electron chi connectivity index (χ0n) is 15.3. The molecule has 1 amide bonds. The minimum atomic E-state index is 0.246. The Morgan fingerprint density at radius 2 is 1.71 bits per heavy atom. The quantitative estimate of drug-likeness (QED) is 0.851. The van der Waals surface area contributed by atoms with Crippen LogP contribution in [0.15, 0.2) is 18.2 Å². The van der Waals surface area contributed by atoms with Gasteiger partial charge in [-0.2, -0.15) is 0 Å². The number of piperidine rings is 1. The van der Waals surface area contributed by atoms with Crippen LogP contribution >= 0.6 is 0 Å². The van der Waals surface area contributed by atoms with Crippen molar-refractivity contribution in [2.75, 3.05) is 39.8 Å². The van der Waals surface area contributed by atoms with E-state index in [2.05, 4.69) is 36.8 Å². The Hall–Kier alpha value is -1.55. The third kappa shape index (κ3) is 4.10. The van der Waals surface area contributed by atoms with Crippen LogP contribution in [0.4, 0.5) is 0 Å². The number of aryl methyl sites for hydroxylation is 2. The van der Waals surface area contributed by atoms with E-state index < -0.39 is 0 Å². The highest BCUT2D eigenvalue weighted by Crippen LogP contribution is 2.40.